The van der Waals surface area contributed by atoms with E-state index < -0.39 is 0 Å². The highest BCUT2D eigenvalue weighted by Gasteiger charge is 2.22. The second kappa shape index (κ2) is 7.08. The Balaban J connectivity index is 1.63. The molecule has 0 saturated carbocycles. The van der Waals surface area contributed by atoms with Crippen LogP contribution in [0.2, 0.25) is 0 Å². The van der Waals surface area contributed by atoms with E-state index in [1.807, 2.05) is 32.0 Å². The summed E-state index contributed by atoms with van der Waals surface area (Å²) in [6.07, 6.45) is 4.40. The lowest BCUT2D eigenvalue weighted by Crippen LogP contribution is -2.17. The number of hydrogen-bond donors (Lipinski definition) is 1. The number of oxazole rings is 1. The monoisotopic (exact) mass is 371 g/mol. The van der Waals surface area contributed by atoms with Crippen LogP contribution < -0.4 is 5.32 Å². The molecule has 1 N–H and O–H groups in total. The van der Waals surface area contributed by atoms with Gasteiger partial charge in [0.05, 0.1) is 18.3 Å². The van der Waals surface area contributed by atoms with Gasteiger partial charge in [0, 0.05) is 17.4 Å². The van der Waals surface area contributed by atoms with Crippen molar-refractivity contribution >= 4 is 17.3 Å². The minimum absolute atomic E-state index is 0.0618. The molecule has 1 aliphatic heterocycles. The van der Waals surface area contributed by atoms with E-state index in [4.69, 9.17) is 9.68 Å². The molecular formula is C21H17N5O2. The second-order valence-corrected chi connectivity index (χ2v) is 6.78. The third-order valence-electron chi connectivity index (χ3n) is 4.58. The Labute approximate surface area is 161 Å². The lowest BCUT2D eigenvalue weighted by atomic mass is 9.99. The van der Waals surface area contributed by atoms with Crippen molar-refractivity contribution in [1.29, 1.82) is 5.26 Å². The number of nitriles is 1. The Morgan fingerprint density at radius 3 is 2.86 bits per heavy atom. The van der Waals surface area contributed by atoms with E-state index in [1.54, 1.807) is 12.3 Å². The summed E-state index contributed by atoms with van der Waals surface area (Å²) < 4.78 is 5.36. The quantitative estimate of drug-likeness (QED) is 0.753. The molecule has 7 nitrogen and oxygen atoms in total. The molecule has 0 aliphatic carbocycles. The van der Waals surface area contributed by atoms with E-state index in [0.29, 0.717) is 29.2 Å². The third kappa shape index (κ3) is 3.16. The standard InChI is InChI=1S/C21H17N5O2/c1-12(2)16-5-13(7-22)8-24-20(16)21(27)26-15-4-3-14-9-25-19(17(14)6-15)18-10-23-11-28-18/h3-6,8,10-12H,9H2,1-2H3,(H,26,27). The van der Waals surface area contributed by atoms with Crippen molar-refractivity contribution in [2.75, 3.05) is 5.32 Å². The highest BCUT2D eigenvalue weighted by Crippen LogP contribution is 2.27. The molecule has 2 aromatic heterocycles. The number of fused-ring (bicyclic) bond motifs is 1. The Kier molecular flexibility index (Phi) is 4.45. The molecule has 0 fully saturated rings. The predicted molar refractivity (Wildman–Crippen MR) is 103 cm³/mol. The Hall–Kier alpha value is -3.79. The minimum Gasteiger partial charge on any atom is -0.442 e. The number of pyridine rings is 1. The SMILES string of the molecule is CC(C)c1cc(C#N)cnc1C(=O)Nc1ccc2c(c1)C(c1cnco1)=NC2. The molecule has 7 heteroatoms. The number of carbonyl (C=O) groups excluding carboxylic acids is 1. The number of amides is 1. The van der Waals surface area contributed by atoms with E-state index in [9.17, 15) is 4.79 Å². The first-order chi connectivity index (χ1) is 13.6. The first-order valence-corrected chi connectivity index (χ1v) is 8.85. The Morgan fingerprint density at radius 1 is 1.29 bits per heavy atom. The topological polar surface area (TPSA) is 104 Å². The largest absolute Gasteiger partial charge is 0.442 e. The molecule has 0 atom stereocenters. The van der Waals surface area contributed by atoms with Crippen molar-refractivity contribution in [3.05, 3.63) is 76.8 Å². The highest BCUT2D eigenvalue weighted by molar-refractivity contribution is 6.14. The van der Waals surface area contributed by atoms with Gasteiger partial charge >= 0.3 is 0 Å². The summed E-state index contributed by atoms with van der Waals surface area (Å²) in [7, 11) is 0. The van der Waals surface area contributed by atoms with Gasteiger partial charge in [-0.2, -0.15) is 5.26 Å². The van der Waals surface area contributed by atoms with Crippen LogP contribution in [0.15, 0.2) is 52.5 Å². The summed E-state index contributed by atoms with van der Waals surface area (Å²) in [5.74, 6) is 0.342. The number of carbonyl (C=O) groups is 1. The molecule has 1 aromatic carbocycles. The van der Waals surface area contributed by atoms with E-state index in [0.717, 1.165) is 22.4 Å². The molecule has 0 spiro atoms. The lowest BCUT2D eigenvalue weighted by Gasteiger charge is -2.13. The van der Waals surface area contributed by atoms with Crippen molar-refractivity contribution in [2.24, 2.45) is 4.99 Å². The second-order valence-electron chi connectivity index (χ2n) is 6.78. The smallest absolute Gasteiger partial charge is 0.274 e. The average molecular weight is 371 g/mol. The molecule has 0 bridgehead atoms. The summed E-state index contributed by atoms with van der Waals surface area (Å²) in [5, 5.41) is 12.0. The van der Waals surface area contributed by atoms with Crippen LogP contribution in [0.3, 0.4) is 0 Å². The van der Waals surface area contributed by atoms with E-state index in [-0.39, 0.29) is 11.8 Å². The fraction of sp³-hybridized carbons (Fsp3) is 0.190. The van der Waals surface area contributed by atoms with Crippen molar-refractivity contribution in [3.63, 3.8) is 0 Å². The van der Waals surface area contributed by atoms with E-state index in [2.05, 4.69) is 26.3 Å². The molecule has 1 amide bonds. The summed E-state index contributed by atoms with van der Waals surface area (Å²) in [4.78, 5) is 25.5. The number of nitrogens with zero attached hydrogens (tertiary/aromatic N) is 4. The van der Waals surface area contributed by atoms with Crippen LogP contribution in [0.1, 0.15) is 58.3 Å². The van der Waals surface area contributed by atoms with Crippen molar-refractivity contribution in [2.45, 2.75) is 26.3 Å². The number of nitrogens with one attached hydrogen (secondary N) is 1. The van der Waals surface area contributed by atoms with Gasteiger partial charge in [0.2, 0.25) is 0 Å². The van der Waals surface area contributed by atoms with Gasteiger partial charge in [0.1, 0.15) is 17.5 Å². The van der Waals surface area contributed by atoms with Crippen molar-refractivity contribution < 1.29 is 9.21 Å². The van der Waals surface area contributed by atoms with Gasteiger partial charge in [-0.15, -0.1) is 0 Å². The number of benzene rings is 1. The normalized spacial score (nSPS) is 12.4. The van der Waals surface area contributed by atoms with Gasteiger partial charge in [-0.1, -0.05) is 19.9 Å². The molecule has 0 radical (unpaired) electrons. The predicted octanol–water partition coefficient (Wildman–Crippen LogP) is 3.67. The van der Waals surface area contributed by atoms with Crippen LogP contribution in [0.25, 0.3) is 0 Å². The summed E-state index contributed by atoms with van der Waals surface area (Å²) in [5.41, 5.74) is 4.82. The average Bonchev–Trinajstić information content (AvgIpc) is 3.36. The van der Waals surface area contributed by atoms with Gasteiger partial charge < -0.3 is 9.73 Å². The Morgan fingerprint density at radius 2 is 2.14 bits per heavy atom. The number of rotatable bonds is 4. The van der Waals surface area contributed by atoms with Gasteiger partial charge in [-0.25, -0.2) is 9.97 Å². The number of aliphatic imine (C=N–C) groups is 1. The zero-order valence-corrected chi connectivity index (χ0v) is 15.4. The zero-order chi connectivity index (χ0) is 19.7. The molecular weight excluding hydrogens is 354 g/mol. The minimum atomic E-state index is -0.315. The van der Waals surface area contributed by atoms with Gasteiger partial charge in [-0.3, -0.25) is 9.79 Å². The summed E-state index contributed by atoms with van der Waals surface area (Å²) >= 11 is 0. The van der Waals surface area contributed by atoms with Crippen molar-refractivity contribution in [3.8, 4) is 6.07 Å². The maximum Gasteiger partial charge on any atom is 0.274 e. The van der Waals surface area contributed by atoms with Crippen LogP contribution in [-0.2, 0) is 6.54 Å². The van der Waals surface area contributed by atoms with E-state index >= 15 is 0 Å². The van der Waals surface area contributed by atoms with E-state index in [1.165, 1.54) is 12.6 Å². The molecule has 4 rings (SSSR count). The van der Waals surface area contributed by atoms with Crippen LogP contribution in [-0.4, -0.2) is 21.6 Å². The molecule has 3 heterocycles. The zero-order valence-electron chi connectivity index (χ0n) is 15.4. The highest BCUT2D eigenvalue weighted by atomic mass is 16.3. The van der Waals surface area contributed by atoms with Crippen LogP contribution >= 0.6 is 0 Å². The molecule has 0 unspecified atom stereocenters. The van der Waals surface area contributed by atoms with Gasteiger partial charge in [0.25, 0.3) is 5.91 Å². The molecule has 3 aromatic rings. The maximum absolute atomic E-state index is 12.8. The van der Waals surface area contributed by atoms with Crippen LogP contribution in [0.5, 0.6) is 0 Å². The third-order valence-corrected chi connectivity index (χ3v) is 4.58. The first kappa shape index (κ1) is 17.6. The summed E-state index contributed by atoms with van der Waals surface area (Å²) in [6, 6.07) is 9.43. The molecule has 138 valence electrons. The van der Waals surface area contributed by atoms with Gasteiger partial charge in [0.15, 0.2) is 12.2 Å². The van der Waals surface area contributed by atoms with Gasteiger partial charge in [-0.05, 0) is 35.2 Å². The molecule has 1 aliphatic rings. The first-order valence-electron chi connectivity index (χ1n) is 8.85. The fourth-order valence-electron chi connectivity index (χ4n) is 3.17. The van der Waals surface area contributed by atoms with Crippen LogP contribution in [0.4, 0.5) is 5.69 Å². The number of aromatic nitrogens is 2. The molecule has 28 heavy (non-hydrogen) atoms. The fourth-order valence-corrected chi connectivity index (χ4v) is 3.17. The Bertz CT molecular complexity index is 1120. The summed E-state index contributed by atoms with van der Waals surface area (Å²) in [6.45, 7) is 4.49. The number of hydrogen-bond acceptors (Lipinski definition) is 6. The maximum atomic E-state index is 12.8. The molecule has 0 saturated heterocycles. The van der Waals surface area contributed by atoms with Crippen molar-refractivity contribution in [1.82, 2.24) is 9.97 Å². The lowest BCUT2D eigenvalue weighted by molar-refractivity contribution is 0.102. The number of anilines is 1. The van der Waals surface area contributed by atoms with Crippen LogP contribution in [0, 0.1) is 11.3 Å².